The zero-order valence-corrected chi connectivity index (χ0v) is 18.4. The zero-order chi connectivity index (χ0) is 22.3. The van der Waals surface area contributed by atoms with Crippen LogP contribution in [0.4, 0.5) is 5.69 Å². The van der Waals surface area contributed by atoms with E-state index in [0.29, 0.717) is 5.02 Å². The number of rotatable bonds is 9. The number of thioether (sulfide) groups is 1. The fourth-order valence-corrected chi connectivity index (χ4v) is 3.73. The molecule has 2 unspecified atom stereocenters. The molecule has 7 nitrogen and oxygen atoms in total. The lowest BCUT2D eigenvalue weighted by molar-refractivity contribution is -0.385. The molecule has 2 atom stereocenters. The van der Waals surface area contributed by atoms with E-state index in [4.69, 9.17) is 16.3 Å². The highest BCUT2D eigenvalue weighted by atomic mass is 35.5. The van der Waals surface area contributed by atoms with Gasteiger partial charge in [-0.3, -0.25) is 19.7 Å². The molecule has 2 rings (SSSR count). The second-order valence-corrected chi connectivity index (χ2v) is 8.68. The number of nitrogens with zero attached hydrogens (tertiary/aromatic N) is 1. The van der Waals surface area contributed by atoms with Crippen LogP contribution in [-0.2, 0) is 14.3 Å². The third kappa shape index (κ3) is 7.03. The highest BCUT2D eigenvalue weighted by Gasteiger charge is 2.28. The summed E-state index contributed by atoms with van der Waals surface area (Å²) >= 11 is 7.20. The summed E-state index contributed by atoms with van der Waals surface area (Å²) in [5.74, 6) is -0.901. The first-order chi connectivity index (χ1) is 14.2. The molecule has 0 saturated carbocycles. The van der Waals surface area contributed by atoms with Gasteiger partial charge in [0.05, 0.1) is 34.3 Å². The summed E-state index contributed by atoms with van der Waals surface area (Å²) in [6, 6.07) is 12.2. The molecule has 1 N–H and O–H groups in total. The zero-order valence-electron chi connectivity index (χ0n) is 16.8. The summed E-state index contributed by atoms with van der Waals surface area (Å²) in [4.78, 5) is 36.8. The van der Waals surface area contributed by atoms with Crippen LogP contribution in [-0.4, -0.2) is 28.2 Å². The second-order valence-electron chi connectivity index (χ2n) is 6.83. The maximum absolute atomic E-state index is 12.8. The summed E-state index contributed by atoms with van der Waals surface area (Å²) in [5.41, 5.74) is 0.0819. The molecule has 0 fully saturated rings. The predicted octanol–water partition coefficient (Wildman–Crippen LogP) is 4.93. The van der Waals surface area contributed by atoms with Gasteiger partial charge in [0.2, 0.25) is 5.91 Å². The Morgan fingerprint density at radius 2 is 1.77 bits per heavy atom. The lowest BCUT2D eigenvalue weighted by atomic mass is 10.0. The van der Waals surface area contributed by atoms with Crippen LogP contribution in [0, 0.1) is 10.1 Å². The Kier molecular flexibility index (Phi) is 8.68. The first-order valence-electron chi connectivity index (χ1n) is 9.32. The van der Waals surface area contributed by atoms with Gasteiger partial charge in [0.15, 0.2) is 0 Å². The van der Waals surface area contributed by atoms with E-state index >= 15 is 0 Å². The molecule has 160 valence electrons. The van der Waals surface area contributed by atoms with Crippen LogP contribution in [0.25, 0.3) is 0 Å². The lowest BCUT2D eigenvalue weighted by Crippen LogP contribution is -2.36. The highest BCUT2D eigenvalue weighted by molar-refractivity contribution is 8.00. The van der Waals surface area contributed by atoms with Crippen molar-refractivity contribution in [1.82, 2.24) is 5.32 Å². The number of nitrogens with one attached hydrogen (secondary N) is 1. The van der Waals surface area contributed by atoms with E-state index in [1.165, 1.54) is 30.0 Å². The van der Waals surface area contributed by atoms with Crippen molar-refractivity contribution < 1.29 is 19.2 Å². The number of para-hydroxylation sites is 1. The van der Waals surface area contributed by atoms with E-state index < -0.39 is 22.2 Å². The molecule has 0 radical (unpaired) electrons. The van der Waals surface area contributed by atoms with Crippen molar-refractivity contribution in [3.63, 3.8) is 0 Å². The Labute approximate surface area is 184 Å². The Bertz CT molecular complexity index is 905. The number of carbonyl (C=O) groups is 2. The van der Waals surface area contributed by atoms with Crippen LogP contribution in [0.15, 0.2) is 53.4 Å². The predicted molar refractivity (Wildman–Crippen MR) is 117 cm³/mol. The average Bonchev–Trinajstić information content (AvgIpc) is 2.68. The van der Waals surface area contributed by atoms with Gasteiger partial charge in [0.25, 0.3) is 5.69 Å². The molecule has 0 aliphatic rings. The van der Waals surface area contributed by atoms with E-state index in [9.17, 15) is 19.7 Å². The minimum absolute atomic E-state index is 0.168. The number of carbonyl (C=O) groups excluding carboxylic acids is 2. The van der Waals surface area contributed by atoms with Crippen molar-refractivity contribution in [2.45, 2.75) is 49.5 Å². The molecule has 2 aromatic carbocycles. The molecule has 0 heterocycles. The number of ether oxygens (including phenoxy) is 1. The van der Waals surface area contributed by atoms with Crippen LogP contribution in [0.5, 0.6) is 0 Å². The summed E-state index contributed by atoms with van der Waals surface area (Å²) < 4.78 is 5.17. The van der Waals surface area contributed by atoms with Gasteiger partial charge in [-0.2, -0.15) is 0 Å². The molecule has 0 aliphatic heterocycles. The molecular formula is C21H23ClN2O5S. The number of hydrogen-bond donors (Lipinski definition) is 1. The van der Waals surface area contributed by atoms with Gasteiger partial charge < -0.3 is 10.1 Å². The Hall–Kier alpha value is -2.58. The first kappa shape index (κ1) is 23.7. The number of esters is 1. The average molecular weight is 451 g/mol. The van der Waals surface area contributed by atoms with Gasteiger partial charge in [0, 0.05) is 16.0 Å². The maximum Gasteiger partial charge on any atom is 0.308 e. The van der Waals surface area contributed by atoms with Gasteiger partial charge in [-0.15, -0.1) is 11.8 Å². The number of nitro benzene ring substituents is 1. The molecule has 0 saturated heterocycles. The molecule has 2 aromatic rings. The summed E-state index contributed by atoms with van der Waals surface area (Å²) in [5, 5.41) is 14.3. The van der Waals surface area contributed by atoms with Crippen molar-refractivity contribution in [3.05, 3.63) is 69.2 Å². The fraction of sp³-hybridized carbons (Fsp3) is 0.333. The topological polar surface area (TPSA) is 98.5 Å². The monoisotopic (exact) mass is 450 g/mol. The number of halogens is 1. The normalized spacial score (nSPS) is 12.8. The number of amides is 1. The van der Waals surface area contributed by atoms with E-state index in [0.717, 1.165) is 4.90 Å². The number of benzene rings is 2. The van der Waals surface area contributed by atoms with E-state index in [-0.39, 0.29) is 29.7 Å². The minimum atomic E-state index is -0.890. The quantitative estimate of drug-likeness (QED) is 0.252. The summed E-state index contributed by atoms with van der Waals surface area (Å²) in [6.07, 6.45) is -0.549. The maximum atomic E-state index is 12.8. The lowest BCUT2D eigenvalue weighted by Gasteiger charge is -2.21. The van der Waals surface area contributed by atoms with Crippen LogP contribution >= 0.6 is 23.4 Å². The first-order valence-corrected chi connectivity index (χ1v) is 10.6. The van der Waals surface area contributed by atoms with Crippen LogP contribution in [0.2, 0.25) is 5.02 Å². The number of hydrogen-bond acceptors (Lipinski definition) is 6. The minimum Gasteiger partial charge on any atom is -0.463 e. The number of nitro groups is 1. The Morgan fingerprint density at radius 1 is 1.13 bits per heavy atom. The molecule has 30 heavy (non-hydrogen) atoms. The molecule has 1 amide bonds. The third-order valence-electron chi connectivity index (χ3n) is 4.06. The van der Waals surface area contributed by atoms with Crippen LogP contribution in [0.1, 0.15) is 38.8 Å². The molecule has 0 spiro atoms. The second kappa shape index (κ2) is 11.0. The van der Waals surface area contributed by atoms with Gasteiger partial charge in [-0.1, -0.05) is 29.8 Å². The Balaban J connectivity index is 2.21. The van der Waals surface area contributed by atoms with Gasteiger partial charge >= 0.3 is 5.97 Å². The molecule has 0 aliphatic carbocycles. The molecule has 0 bridgehead atoms. The fourth-order valence-electron chi connectivity index (χ4n) is 2.72. The van der Waals surface area contributed by atoms with Crippen molar-refractivity contribution in [2.75, 3.05) is 0 Å². The molecular weight excluding hydrogens is 428 g/mol. The SMILES string of the molecule is CC(C)OC(=O)CC(NC(=O)C(C)Sc1ccc(Cl)cc1)c1ccccc1[N+](=O)[O-]. The van der Waals surface area contributed by atoms with Crippen molar-refractivity contribution in [2.24, 2.45) is 0 Å². The van der Waals surface area contributed by atoms with Gasteiger partial charge in [0.1, 0.15) is 0 Å². The molecule has 9 heteroatoms. The third-order valence-corrected chi connectivity index (χ3v) is 5.42. The van der Waals surface area contributed by atoms with E-state index in [1.54, 1.807) is 51.1 Å². The van der Waals surface area contributed by atoms with Gasteiger partial charge in [-0.05, 0) is 45.0 Å². The smallest absolute Gasteiger partial charge is 0.308 e. The molecule has 0 aromatic heterocycles. The largest absolute Gasteiger partial charge is 0.463 e. The standard InChI is InChI=1S/C21H23ClN2O5S/c1-13(2)29-20(25)12-18(17-6-4-5-7-19(17)24(27)28)23-21(26)14(3)30-16-10-8-15(22)9-11-16/h4-11,13-14,18H,12H2,1-3H3,(H,23,26). The van der Waals surface area contributed by atoms with Crippen molar-refractivity contribution in [1.29, 1.82) is 0 Å². The Morgan fingerprint density at radius 3 is 2.37 bits per heavy atom. The van der Waals surface area contributed by atoms with Crippen LogP contribution < -0.4 is 5.32 Å². The van der Waals surface area contributed by atoms with Crippen molar-refractivity contribution in [3.8, 4) is 0 Å². The summed E-state index contributed by atoms with van der Waals surface area (Å²) in [7, 11) is 0. The van der Waals surface area contributed by atoms with Crippen molar-refractivity contribution >= 4 is 40.9 Å². The van der Waals surface area contributed by atoms with Crippen LogP contribution in [0.3, 0.4) is 0 Å². The van der Waals surface area contributed by atoms with E-state index in [2.05, 4.69) is 5.32 Å². The van der Waals surface area contributed by atoms with E-state index in [1.807, 2.05) is 0 Å². The summed E-state index contributed by atoms with van der Waals surface area (Å²) in [6.45, 7) is 5.14. The van der Waals surface area contributed by atoms with Gasteiger partial charge in [-0.25, -0.2) is 0 Å². The highest BCUT2D eigenvalue weighted by Crippen LogP contribution is 2.29.